The second-order valence-corrected chi connectivity index (χ2v) is 7.55. The lowest BCUT2D eigenvalue weighted by molar-refractivity contribution is -0.138. The molecule has 0 aromatic rings. The van der Waals surface area contributed by atoms with Crippen molar-refractivity contribution in [3.05, 3.63) is 0 Å². The van der Waals surface area contributed by atoms with Crippen LogP contribution in [-0.2, 0) is 4.79 Å². The fourth-order valence-corrected chi connectivity index (χ4v) is 4.00. The molecule has 0 aromatic carbocycles. The van der Waals surface area contributed by atoms with Crippen LogP contribution in [0.25, 0.3) is 0 Å². The molecule has 1 saturated heterocycles. The van der Waals surface area contributed by atoms with Crippen LogP contribution in [-0.4, -0.2) is 61.9 Å². The molecule has 0 spiro atoms. The highest BCUT2D eigenvalue weighted by Gasteiger charge is 2.42. The third kappa shape index (κ3) is 5.23. The van der Waals surface area contributed by atoms with Gasteiger partial charge in [-0.2, -0.15) is 0 Å². The minimum absolute atomic E-state index is 0. The summed E-state index contributed by atoms with van der Waals surface area (Å²) in [5.74, 6) is 1.97. The van der Waals surface area contributed by atoms with Gasteiger partial charge in [0.1, 0.15) is 0 Å². The smallest absolute Gasteiger partial charge is 0.230 e. The van der Waals surface area contributed by atoms with E-state index in [1.807, 2.05) is 14.1 Å². The lowest BCUT2D eigenvalue weighted by atomic mass is 9.85. The first-order chi connectivity index (χ1) is 11.0. The molecule has 2 fully saturated rings. The summed E-state index contributed by atoms with van der Waals surface area (Å²) in [7, 11) is 3.73. The van der Waals surface area contributed by atoms with Gasteiger partial charge in [-0.3, -0.25) is 9.79 Å². The molecule has 1 unspecified atom stereocenters. The zero-order valence-corrected chi connectivity index (χ0v) is 18.1. The zero-order valence-electron chi connectivity index (χ0n) is 15.8. The molecule has 1 N–H and O–H groups in total. The lowest BCUT2D eigenvalue weighted by Crippen LogP contribution is -2.47. The second kappa shape index (κ2) is 9.82. The highest BCUT2D eigenvalue weighted by atomic mass is 127. The minimum Gasteiger partial charge on any atom is -0.357 e. The zero-order chi connectivity index (χ0) is 16.9. The first-order valence-electron chi connectivity index (χ1n) is 9.23. The van der Waals surface area contributed by atoms with Crippen LogP contribution in [0.1, 0.15) is 52.4 Å². The van der Waals surface area contributed by atoms with Gasteiger partial charge in [0.05, 0.1) is 12.0 Å². The van der Waals surface area contributed by atoms with Gasteiger partial charge in [0.2, 0.25) is 5.91 Å². The number of hydrogen-bond donors (Lipinski definition) is 1. The van der Waals surface area contributed by atoms with Crippen molar-refractivity contribution in [2.75, 3.05) is 40.3 Å². The predicted molar refractivity (Wildman–Crippen MR) is 111 cm³/mol. The SMILES string of the molecule is CCNC(=NCC1(C(=O)N(C)C)CCCC1)N1CCCC(C)C1.I. The Morgan fingerprint density at radius 1 is 1.29 bits per heavy atom. The maximum atomic E-state index is 12.7. The van der Waals surface area contributed by atoms with Gasteiger partial charge in [-0.25, -0.2) is 0 Å². The molecule has 1 heterocycles. The van der Waals surface area contributed by atoms with Crippen LogP contribution in [0.4, 0.5) is 0 Å². The first kappa shape index (κ1) is 21.5. The summed E-state index contributed by atoms with van der Waals surface area (Å²) in [6.07, 6.45) is 6.78. The van der Waals surface area contributed by atoms with E-state index in [1.54, 1.807) is 4.90 Å². The van der Waals surface area contributed by atoms with Crippen LogP contribution in [0.5, 0.6) is 0 Å². The molecule has 6 heteroatoms. The Labute approximate surface area is 164 Å². The molecule has 0 bridgehead atoms. The number of carbonyl (C=O) groups is 1. The molecule has 1 aliphatic heterocycles. The van der Waals surface area contributed by atoms with Crippen molar-refractivity contribution < 1.29 is 4.79 Å². The van der Waals surface area contributed by atoms with E-state index in [-0.39, 0.29) is 35.3 Å². The van der Waals surface area contributed by atoms with E-state index in [1.165, 1.54) is 12.8 Å². The van der Waals surface area contributed by atoms with Gasteiger partial charge in [0.25, 0.3) is 0 Å². The highest BCUT2D eigenvalue weighted by Crippen LogP contribution is 2.39. The van der Waals surface area contributed by atoms with Gasteiger partial charge < -0.3 is 15.1 Å². The van der Waals surface area contributed by atoms with Crippen molar-refractivity contribution in [3.63, 3.8) is 0 Å². The Morgan fingerprint density at radius 3 is 2.50 bits per heavy atom. The number of rotatable bonds is 4. The Balaban J connectivity index is 0.00000288. The first-order valence-corrected chi connectivity index (χ1v) is 9.23. The average molecular weight is 450 g/mol. The number of nitrogens with one attached hydrogen (secondary N) is 1. The Bertz CT molecular complexity index is 433. The standard InChI is InChI=1S/C18H34N4O.HI/c1-5-19-17(22-12-8-9-15(2)13-22)20-14-18(10-6-7-11-18)16(23)21(3)4;/h15H,5-14H2,1-4H3,(H,19,20);1H. The summed E-state index contributed by atoms with van der Waals surface area (Å²) in [5.41, 5.74) is -0.272. The Kier molecular flexibility index (Phi) is 8.81. The van der Waals surface area contributed by atoms with E-state index < -0.39 is 0 Å². The minimum atomic E-state index is -0.272. The van der Waals surface area contributed by atoms with Crippen LogP contribution < -0.4 is 5.32 Å². The van der Waals surface area contributed by atoms with Crippen molar-refractivity contribution in [3.8, 4) is 0 Å². The molecular formula is C18H35IN4O. The summed E-state index contributed by atoms with van der Waals surface area (Å²) in [6.45, 7) is 8.06. The summed E-state index contributed by atoms with van der Waals surface area (Å²) in [6, 6.07) is 0. The molecule has 0 aromatic heterocycles. The molecule has 5 nitrogen and oxygen atoms in total. The third-order valence-corrected chi connectivity index (χ3v) is 5.24. The number of halogens is 1. The van der Waals surface area contributed by atoms with Crippen LogP contribution >= 0.6 is 24.0 Å². The molecular weight excluding hydrogens is 415 g/mol. The van der Waals surface area contributed by atoms with Crippen molar-refractivity contribution >= 4 is 35.8 Å². The fraction of sp³-hybridized carbons (Fsp3) is 0.889. The summed E-state index contributed by atoms with van der Waals surface area (Å²) < 4.78 is 0. The number of piperidine rings is 1. The molecule has 1 amide bonds. The molecule has 1 saturated carbocycles. The number of nitrogens with zero attached hydrogens (tertiary/aromatic N) is 3. The van der Waals surface area contributed by atoms with Crippen molar-refractivity contribution in [2.24, 2.45) is 16.3 Å². The van der Waals surface area contributed by atoms with E-state index in [4.69, 9.17) is 4.99 Å². The predicted octanol–water partition coefficient (Wildman–Crippen LogP) is 2.95. The van der Waals surface area contributed by atoms with Crippen LogP contribution in [0.2, 0.25) is 0 Å². The summed E-state index contributed by atoms with van der Waals surface area (Å²) in [5, 5.41) is 3.43. The molecule has 24 heavy (non-hydrogen) atoms. The normalized spacial score (nSPS) is 23.6. The topological polar surface area (TPSA) is 47.9 Å². The maximum absolute atomic E-state index is 12.7. The Hall–Kier alpha value is -0.530. The molecule has 0 radical (unpaired) electrons. The monoisotopic (exact) mass is 450 g/mol. The van der Waals surface area contributed by atoms with E-state index in [9.17, 15) is 4.79 Å². The van der Waals surface area contributed by atoms with Crippen molar-refractivity contribution in [1.82, 2.24) is 15.1 Å². The van der Waals surface area contributed by atoms with Gasteiger partial charge in [0, 0.05) is 33.7 Å². The average Bonchev–Trinajstić information content (AvgIpc) is 3.00. The number of aliphatic imine (C=N–C) groups is 1. The van der Waals surface area contributed by atoms with E-state index in [2.05, 4.69) is 24.1 Å². The number of amides is 1. The molecule has 2 aliphatic rings. The van der Waals surface area contributed by atoms with Gasteiger partial charge in [0.15, 0.2) is 5.96 Å². The van der Waals surface area contributed by atoms with Gasteiger partial charge >= 0.3 is 0 Å². The van der Waals surface area contributed by atoms with Crippen LogP contribution in [0, 0.1) is 11.3 Å². The van der Waals surface area contributed by atoms with E-state index in [0.29, 0.717) is 6.54 Å². The quantitative estimate of drug-likeness (QED) is 0.407. The van der Waals surface area contributed by atoms with Crippen molar-refractivity contribution in [2.45, 2.75) is 52.4 Å². The largest absolute Gasteiger partial charge is 0.357 e. The van der Waals surface area contributed by atoms with E-state index >= 15 is 0 Å². The van der Waals surface area contributed by atoms with Crippen LogP contribution in [0.15, 0.2) is 4.99 Å². The number of hydrogen-bond acceptors (Lipinski definition) is 2. The fourth-order valence-electron chi connectivity index (χ4n) is 4.00. The molecule has 140 valence electrons. The number of likely N-dealkylation sites (tertiary alicyclic amines) is 1. The lowest BCUT2D eigenvalue weighted by Gasteiger charge is -2.35. The van der Waals surface area contributed by atoms with Gasteiger partial charge in [-0.05, 0) is 38.5 Å². The number of carbonyl (C=O) groups excluding carboxylic acids is 1. The van der Waals surface area contributed by atoms with Crippen molar-refractivity contribution in [1.29, 1.82) is 0 Å². The third-order valence-electron chi connectivity index (χ3n) is 5.24. The summed E-state index contributed by atoms with van der Waals surface area (Å²) in [4.78, 5) is 21.7. The molecule has 1 atom stereocenters. The summed E-state index contributed by atoms with van der Waals surface area (Å²) >= 11 is 0. The van der Waals surface area contributed by atoms with Gasteiger partial charge in [-0.15, -0.1) is 24.0 Å². The number of guanidine groups is 1. The van der Waals surface area contributed by atoms with Gasteiger partial charge in [-0.1, -0.05) is 19.8 Å². The van der Waals surface area contributed by atoms with E-state index in [0.717, 1.165) is 57.2 Å². The molecule has 1 aliphatic carbocycles. The molecule has 2 rings (SSSR count). The van der Waals surface area contributed by atoms with Crippen LogP contribution in [0.3, 0.4) is 0 Å². The highest BCUT2D eigenvalue weighted by molar-refractivity contribution is 14.0. The maximum Gasteiger partial charge on any atom is 0.230 e. The second-order valence-electron chi connectivity index (χ2n) is 7.55. The Morgan fingerprint density at radius 2 is 1.96 bits per heavy atom.